The average molecular weight is 281 g/mol. The molecule has 3 heteroatoms. The Balaban J connectivity index is 1.81. The molecule has 0 bridgehead atoms. The van der Waals surface area contributed by atoms with Crippen LogP contribution in [-0.4, -0.2) is 61.7 Å². The van der Waals surface area contributed by atoms with Crippen molar-refractivity contribution in [1.29, 1.82) is 0 Å². The first-order valence-corrected chi connectivity index (χ1v) is 8.53. The fraction of sp³-hybridized carbons (Fsp3) is 1.00. The fourth-order valence-corrected chi connectivity index (χ4v) is 3.84. The third kappa shape index (κ3) is 4.44. The van der Waals surface area contributed by atoms with Crippen LogP contribution in [0.25, 0.3) is 0 Å². The zero-order valence-electron chi connectivity index (χ0n) is 14.3. The number of nitrogens with one attached hydrogen (secondary N) is 1. The van der Waals surface area contributed by atoms with E-state index < -0.39 is 0 Å². The molecule has 0 radical (unpaired) electrons. The summed E-state index contributed by atoms with van der Waals surface area (Å²) in [7, 11) is 2.24. The molecule has 1 aliphatic carbocycles. The minimum Gasteiger partial charge on any atom is -0.312 e. The predicted octanol–water partition coefficient (Wildman–Crippen LogP) is 2.43. The predicted molar refractivity (Wildman–Crippen MR) is 87.1 cm³/mol. The van der Waals surface area contributed by atoms with E-state index >= 15 is 0 Å². The Morgan fingerprint density at radius 3 is 2.30 bits per heavy atom. The summed E-state index contributed by atoms with van der Waals surface area (Å²) in [5, 5.41) is 3.87. The van der Waals surface area contributed by atoms with Gasteiger partial charge in [0.05, 0.1) is 0 Å². The van der Waals surface area contributed by atoms with Crippen LogP contribution in [0.4, 0.5) is 0 Å². The third-order valence-corrected chi connectivity index (χ3v) is 5.36. The van der Waals surface area contributed by atoms with Gasteiger partial charge >= 0.3 is 0 Å². The maximum Gasteiger partial charge on any atom is 0.0244 e. The molecule has 20 heavy (non-hydrogen) atoms. The molecule has 118 valence electrons. The summed E-state index contributed by atoms with van der Waals surface area (Å²) in [5.74, 6) is 0.736. The van der Waals surface area contributed by atoms with E-state index in [1.165, 1.54) is 52.0 Å². The highest BCUT2D eigenvalue weighted by Crippen LogP contribution is 2.36. The molecule has 1 N–H and O–H groups in total. The largest absolute Gasteiger partial charge is 0.312 e. The Kier molecular flexibility index (Phi) is 5.49. The van der Waals surface area contributed by atoms with E-state index in [-0.39, 0.29) is 0 Å². The highest BCUT2D eigenvalue weighted by atomic mass is 15.3. The van der Waals surface area contributed by atoms with Crippen molar-refractivity contribution in [3.63, 3.8) is 0 Å². The molecule has 1 saturated heterocycles. The van der Waals surface area contributed by atoms with Crippen LogP contribution in [0.3, 0.4) is 0 Å². The van der Waals surface area contributed by atoms with Gasteiger partial charge in [-0.3, -0.25) is 4.90 Å². The first-order valence-electron chi connectivity index (χ1n) is 8.53. The van der Waals surface area contributed by atoms with Crippen molar-refractivity contribution < 1.29 is 0 Å². The standard InChI is InChI=1S/C17H35N3/c1-14(2)16(20-10-8-19(5)9-11-20)13-18-15-6-7-17(3,4)12-15/h14-16,18H,6-13H2,1-5H3. The molecule has 2 rings (SSSR count). The molecular formula is C17H35N3. The molecule has 2 atom stereocenters. The van der Waals surface area contributed by atoms with Crippen LogP contribution in [0, 0.1) is 11.3 Å². The second-order valence-corrected chi connectivity index (χ2v) is 8.16. The lowest BCUT2D eigenvalue weighted by atomic mass is 9.92. The molecule has 0 aromatic rings. The highest BCUT2D eigenvalue weighted by molar-refractivity contribution is 4.89. The van der Waals surface area contributed by atoms with Crippen LogP contribution < -0.4 is 5.32 Å². The van der Waals surface area contributed by atoms with Crippen molar-refractivity contribution in [2.45, 2.75) is 59.0 Å². The average Bonchev–Trinajstić information content (AvgIpc) is 2.71. The minimum absolute atomic E-state index is 0.554. The van der Waals surface area contributed by atoms with Crippen LogP contribution in [-0.2, 0) is 0 Å². The number of likely N-dealkylation sites (N-methyl/N-ethyl adjacent to an activating group) is 1. The van der Waals surface area contributed by atoms with Gasteiger partial charge in [0, 0.05) is 44.8 Å². The molecule has 0 aromatic heterocycles. The summed E-state index contributed by atoms with van der Waals surface area (Å²) in [6.07, 6.45) is 4.09. The minimum atomic E-state index is 0.554. The van der Waals surface area contributed by atoms with Crippen LogP contribution in [0.15, 0.2) is 0 Å². The fourth-order valence-electron chi connectivity index (χ4n) is 3.84. The quantitative estimate of drug-likeness (QED) is 0.835. The zero-order valence-corrected chi connectivity index (χ0v) is 14.3. The molecule has 3 nitrogen and oxygen atoms in total. The van der Waals surface area contributed by atoms with Gasteiger partial charge in [0.2, 0.25) is 0 Å². The van der Waals surface area contributed by atoms with Gasteiger partial charge in [0.1, 0.15) is 0 Å². The Hall–Kier alpha value is -0.120. The first-order chi connectivity index (χ1) is 9.37. The van der Waals surface area contributed by atoms with E-state index in [0.717, 1.165) is 12.0 Å². The smallest absolute Gasteiger partial charge is 0.0244 e. The summed E-state index contributed by atoms with van der Waals surface area (Å²) in [6.45, 7) is 15.7. The van der Waals surface area contributed by atoms with Crippen LogP contribution in [0.2, 0.25) is 0 Å². The second kappa shape index (κ2) is 6.76. The monoisotopic (exact) mass is 281 g/mol. The molecule has 2 unspecified atom stereocenters. The van der Waals surface area contributed by atoms with Crippen molar-refractivity contribution in [1.82, 2.24) is 15.1 Å². The molecule has 0 spiro atoms. The lowest BCUT2D eigenvalue weighted by Crippen LogP contribution is -2.54. The third-order valence-electron chi connectivity index (χ3n) is 5.36. The number of hydrogen-bond acceptors (Lipinski definition) is 3. The summed E-state index contributed by atoms with van der Waals surface area (Å²) in [6, 6.07) is 1.45. The summed E-state index contributed by atoms with van der Waals surface area (Å²) in [4.78, 5) is 5.15. The molecule has 0 amide bonds. The van der Waals surface area contributed by atoms with Gasteiger partial charge in [-0.1, -0.05) is 27.7 Å². The summed E-state index contributed by atoms with van der Waals surface area (Å²) < 4.78 is 0. The Morgan fingerprint density at radius 1 is 1.15 bits per heavy atom. The first kappa shape index (κ1) is 16.3. The van der Waals surface area contributed by atoms with Gasteiger partial charge in [0.25, 0.3) is 0 Å². The van der Waals surface area contributed by atoms with Gasteiger partial charge in [-0.2, -0.15) is 0 Å². The van der Waals surface area contributed by atoms with Crippen molar-refractivity contribution in [2.75, 3.05) is 39.8 Å². The van der Waals surface area contributed by atoms with Crippen LogP contribution in [0.5, 0.6) is 0 Å². The van der Waals surface area contributed by atoms with Crippen molar-refractivity contribution in [3.8, 4) is 0 Å². The number of piperazine rings is 1. The highest BCUT2D eigenvalue weighted by Gasteiger charge is 2.32. The van der Waals surface area contributed by atoms with Crippen molar-refractivity contribution in [2.24, 2.45) is 11.3 Å². The maximum atomic E-state index is 3.87. The molecule has 1 saturated carbocycles. The summed E-state index contributed by atoms with van der Waals surface area (Å²) >= 11 is 0. The van der Waals surface area contributed by atoms with Gasteiger partial charge < -0.3 is 10.2 Å². The van der Waals surface area contributed by atoms with E-state index in [1.807, 2.05) is 0 Å². The van der Waals surface area contributed by atoms with E-state index in [0.29, 0.717) is 11.5 Å². The van der Waals surface area contributed by atoms with Crippen molar-refractivity contribution >= 4 is 0 Å². The topological polar surface area (TPSA) is 18.5 Å². The molecule has 2 fully saturated rings. The van der Waals surface area contributed by atoms with E-state index in [4.69, 9.17) is 0 Å². The van der Waals surface area contributed by atoms with Crippen LogP contribution in [0.1, 0.15) is 47.0 Å². The van der Waals surface area contributed by atoms with Gasteiger partial charge in [-0.05, 0) is 37.6 Å². The lowest BCUT2D eigenvalue weighted by molar-refractivity contribution is 0.0859. The maximum absolute atomic E-state index is 3.87. The Morgan fingerprint density at radius 2 is 1.80 bits per heavy atom. The van der Waals surface area contributed by atoms with Crippen LogP contribution >= 0.6 is 0 Å². The van der Waals surface area contributed by atoms with E-state index in [2.05, 4.69) is 49.9 Å². The van der Waals surface area contributed by atoms with Crippen molar-refractivity contribution in [3.05, 3.63) is 0 Å². The Bertz CT molecular complexity index is 293. The molecule has 2 aliphatic rings. The Labute approximate surface area is 126 Å². The van der Waals surface area contributed by atoms with Gasteiger partial charge in [0.15, 0.2) is 0 Å². The lowest BCUT2D eigenvalue weighted by Gasteiger charge is -2.40. The molecule has 1 heterocycles. The van der Waals surface area contributed by atoms with Gasteiger partial charge in [-0.15, -0.1) is 0 Å². The zero-order chi connectivity index (χ0) is 14.8. The van der Waals surface area contributed by atoms with E-state index in [1.54, 1.807) is 0 Å². The molecular weight excluding hydrogens is 246 g/mol. The van der Waals surface area contributed by atoms with E-state index in [9.17, 15) is 0 Å². The number of hydrogen-bond donors (Lipinski definition) is 1. The molecule has 1 aliphatic heterocycles. The normalized spacial score (nSPS) is 30.0. The molecule has 0 aromatic carbocycles. The van der Waals surface area contributed by atoms with Gasteiger partial charge in [-0.25, -0.2) is 0 Å². The number of rotatable bonds is 5. The number of nitrogens with zero attached hydrogens (tertiary/aromatic N) is 2. The summed E-state index contributed by atoms with van der Waals surface area (Å²) in [5.41, 5.74) is 0.554. The second-order valence-electron chi connectivity index (χ2n) is 8.16. The SMILES string of the molecule is CC(C)C(CNC1CCC(C)(C)C1)N1CCN(C)CC1.